The third-order valence-corrected chi connectivity index (χ3v) is 3.10. The van der Waals surface area contributed by atoms with Gasteiger partial charge in [-0.2, -0.15) is 0 Å². The van der Waals surface area contributed by atoms with Gasteiger partial charge >= 0.3 is 0 Å². The van der Waals surface area contributed by atoms with Crippen molar-refractivity contribution in [1.29, 1.82) is 0 Å². The van der Waals surface area contributed by atoms with Crippen LogP contribution in [0.3, 0.4) is 0 Å². The van der Waals surface area contributed by atoms with Gasteiger partial charge in [-0.3, -0.25) is 4.79 Å². The van der Waals surface area contributed by atoms with Crippen LogP contribution < -0.4 is 10.6 Å². The zero-order valence-corrected chi connectivity index (χ0v) is 11.9. The van der Waals surface area contributed by atoms with E-state index in [4.69, 9.17) is 11.6 Å². The van der Waals surface area contributed by atoms with Gasteiger partial charge in [0.2, 0.25) is 0 Å². The van der Waals surface area contributed by atoms with Gasteiger partial charge in [-0.1, -0.05) is 17.7 Å². The van der Waals surface area contributed by atoms with E-state index in [-0.39, 0.29) is 5.69 Å². The van der Waals surface area contributed by atoms with Crippen LogP contribution in [0.1, 0.15) is 15.9 Å². The average Bonchev–Trinajstić information content (AvgIpc) is 2.41. The molecule has 0 fully saturated rings. The van der Waals surface area contributed by atoms with E-state index < -0.39 is 11.7 Å². The molecule has 1 amide bonds. The van der Waals surface area contributed by atoms with E-state index in [1.165, 1.54) is 18.2 Å². The number of hydrogen-bond donors (Lipinski definition) is 2. The first-order valence-corrected chi connectivity index (χ1v) is 6.44. The van der Waals surface area contributed by atoms with Crippen molar-refractivity contribution in [2.45, 2.75) is 6.92 Å². The summed E-state index contributed by atoms with van der Waals surface area (Å²) in [5.74, 6) is -0.883. The summed E-state index contributed by atoms with van der Waals surface area (Å²) in [6, 6.07) is 9.54. The quantitative estimate of drug-likeness (QED) is 0.895. The van der Waals surface area contributed by atoms with E-state index >= 15 is 0 Å². The number of carbonyl (C=O) groups excluding carboxylic acids is 1. The summed E-state index contributed by atoms with van der Waals surface area (Å²) >= 11 is 5.89. The van der Waals surface area contributed by atoms with Crippen LogP contribution in [0.25, 0.3) is 0 Å². The van der Waals surface area contributed by atoms with Crippen molar-refractivity contribution in [3.05, 3.63) is 58.4 Å². The Kier molecular flexibility index (Phi) is 4.25. The Hall–Kier alpha value is -2.07. The lowest BCUT2D eigenvalue weighted by atomic mass is 10.1. The highest BCUT2D eigenvalue weighted by molar-refractivity contribution is 6.31. The summed E-state index contributed by atoms with van der Waals surface area (Å²) in [6.07, 6.45) is 0. The van der Waals surface area contributed by atoms with Crippen LogP contribution in [0.5, 0.6) is 0 Å². The Labute approximate surface area is 121 Å². The van der Waals surface area contributed by atoms with Crippen LogP contribution in [0.4, 0.5) is 15.8 Å². The van der Waals surface area contributed by atoms with E-state index in [9.17, 15) is 9.18 Å². The first kappa shape index (κ1) is 14.3. The number of anilines is 2. The fourth-order valence-corrected chi connectivity index (χ4v) is 2.01. The highest BCUT2D eigenvalue weighted by Crippen LogP contribution is 2.22. The molecule has 20 heavy (non-hydrogen) atoms. The predicted octanol–water partition coefficient (Wildman–Crippen LogP) is 4.08. The highest BCUT2D eigenvalue weighted by atomic mass is 35.5. The predicted molar refractivity (Wildman–Crippen MR) is 80.1 cm³/mol. The van der Waals surface area contributed by atoms with Crippen LogP contribution in [-0.4, -0.2) is 13.0 Å². The molecule has 0 aliphatic carbocycles. The Morgan fingerprint density at radius 1 is 1.15 bits per heavy atom. The van der Waals surface area contributed by atoms with Gasteiger partial charge in [0.25, 0.3) is 5.91 Å². The van der Waals surface area contributed by atoms with Gasteiger partial charge in [-0.05, 0) is 42.8 Å². The number of amides is 1. The van der Waals surface area contributed by atoms with Crippen LogP contribution >= 0.6 is 11.6 Å². The van der Waals surface area contributed by atoms with Crippen molar-refractivity contribution in [3.63, 3.8) is 0 Å². The van der Waals surface area contributed by atoms with Crippen molar-refractivity contribution < 1.29 is 9.18 Å². The molecular weight excluding hydrogens is 279 g/mol. The van der Waals surface area contributed by atoms with E-state index in [1.54, 1.807) is 32.2 Å². The zero-order chi connectivity index (χ0) is 14.7. The molecule has 0 spiro atoms. The molecular formula is C15H14ClFN2O. The molecule has 0 heterocycles. The van der Waals surface area contributed by atoms with Gasteiger partial charge in [0, 0.05) is 17.8 Å². The van der Waals surface area contributed by atoms with Crippen molar-refractivity contribution in [1.82, 2.24) is 0 Å². The van der Waals surface area contributed by atoms with E-state index in [0.717, 1.165) is 5.56 Å². The zero-order valence-electron chi connectivity index (χ0n) is 11.1. The minimum Gasteiger partial charge on any atom is -0.387 e. The van der Waals surface area contributed by atoms with E-state index in [0.29, 0.717) is 16.3 Å². The summed E-state index contributed by atoms with van der Waals surface area (Å²) in [5, 5.41) is 5.89. The Morgan fingerprint density at radius 3 is 2.50 bits per heavy atom. The molecule has 2 N–H and O–H groups in total. The maximum Gasteiger partial charge on any atom is 0.257 e. The smallest absolute Gasteiger partial charge is 0.257 e. The minimum absolute atomic E-state index is 0.141. The molecule has 2 rings (SSSR count). The first-order chi connectivity index (χ1) is 9.51. The molecule has 104 valence electrons. The standard InChI is InChI=1S/C15H14ClFN2O/c1-9-3-5-14(12(17)7-9)19-15(20)11-8-10(16)4-6-13(11)18-2/h3-8,18H,1-2H3,(H,19,20). The molecule has 2 aromatic carbocycles. The number of rotatable bonds is 3. The van der Waals surface area contributed by atoms with Crippen LogP contribution in [0, 0.1) is 12.7 Å². The van der Waals surface area contributed by atoms with Crippen molar-refractivity contribution in [3.8, 4) is 0 Å². The number of carbonyl (C=O) groups is 1. The topological polar surface area (TPSA) is 41.1 Å². The highest BCUT2D eigenvalue weighted by Gasteiger charge is 2.13. The molecule has 0 unspecified atom stereocenters. The van der Waals surface area contributed by atoms with Crippen molar-refractivity contribution >= 4 is 28.9 Å². The molecule has 0 atom stereocenters. The third-order valence-electron chi connectivity index (χ3n) is 2.87. The lowest BCUT2D eigenvalue weighted by Gasteiger charge is -2.11. The molecule has 0 aromatic heterocycles. The fraction of sp³-hybridized carbons (Fsp3) is 0.133. The van der Waals surface area contributed by atoms with Gasteiger partial charge in [0.15, 0.2) is 0 Å². The Bertz CT molecular complexity index is 658. The van der Waals surface area contributed by atoms with E-state index in [1.807, 2.05) is 0 Å². The molecule has 0 bridgehead atoms. The summed E-state index contributed by atoms with van der Waals surface area (Å²) in [6.45, 7) is 1.78. The van der Waals surface area contributed by atoms with E-state index in [2.05, 4.69) is 10.6 Å². The van der Waals surface area contributed by atoms with Gasteiger partial charge in [-0.25, -0.2) is 4.39 Å². The number of halogens is 2. The second-order valence-corrected chi connectivity index (χ2v) is 4.81. The normalized spacial score (nSPS) is 10.2. The summed E-state index contributed by atoms with van der Waals surface area (Å²) < 4.78 is 13.7. The minimum atomic E-state index is -0.466. The molecule has 2 aromatic rings. The maximum atomic E-state index is 13.7. The second kappa shape index (κ2) is 5.92. The Morgan fingerprint density at radius 2 is 1.85 bits per heavy atom. The second-order valence-electron chi connectivity index (χ2n) is 4.38. The largest absolute Gasteiger partial charge is 0.387 e. The molecule has 0 saturated carbocycles. The average molecular weight is 293 g/mol. The van der Waals surface area contributed by atoms with Gasteiger partial charge < -0.3 is 10.6 Å². The molecule has 5 heteroatoms. The van der Waals surface area contributed by atoms with Crippen LogP contribution in [0.15, 0.2) is 36.4 Å². The molecule has 0 aliphatic heterocycles. The van der Waals surface area contributed by atoms with Gasteiger partial charge in [0.1, 0.15) is 5.82 Å². The summed E-state index contributed by atoms with van der Waals surface area (Å²) in [4.78, 5) is 12.2. The summed E-state index contributed by atoms with van der Waals surface area (Å²) in [5.41, 5.74) is 1.92. The Balaban J connectivity index is 2.30. The third kappa shape index (κ3) is 3.08. The van der Waals surface area contributed by atoms with Crippen LogP contribution in [-0.2, 0) is 0 Å². The van der Waals surface area contributed by atoms with Crippen molar-refractivity contribution in [2.24, 2.45) is 0 Å². The number of hydrogen-bond acceptors (Lipinski definition) is 2. The molecule has 0 saturated heterocycles. The lowest BCUT2D eigenvalue weighted by molar-refractivity contribution is 0.102. The number of benzene rings is 2. The maximum absolute atomic E-state index is 13.7. The lowest BCUT2D eigenvalue weighted by Crippen LogP contribution is -2.15. The van der Waals surface area contributed by atoms with Crippen molar-refractivity contribution in [2.75, 3.05) is 17.7 Å². The number of nitrogens with one attached hydrogen (secondary N) is 2. The SMILES string of the molecule is CNc1ccc(Cl)cc1C(=O)Nc1ccc(C)cc1F. The molecule has 0 radical (unpaired) electrons. The van der Waals surface area contributed by atoms with Gasteiger partial charge in [-0.15, -0.1) is 0 Å². The van der Waals surface area contributed by atoms with Gasteiger partial charge in [0.05, 0.1) is 11.3 Å². The molecule has 3 nitrogen and oxygen atoms in total. The molecule has 0 aliphatic rings. The monoisotopic (exact) mass is 292 g/mol. The first-order valence-electron chi connectivity index (χ1n) is 6.06. The van der Waals surface area contributed by atoms with Crippen LogP contribution in [0.2, 0.25) is 5.02 Å². The number of aryl methyl sites for hydroxylation is 1. The summed E-state index contributed by atoms with van der Waals surface area (Å²) in [7, 11) is 1.70. The fourth-order valence-electron chi connectivity index (χ4n) is 1.83.